The van der Waals surface area contributed by atoms with Crippen molar-refractivity contribution in [1.29, 1.82) is 0 Å². The van der Waals surface area contributed by atoms with Crippen LogP contribution in [-0.4, -0.2) is 40.5 Å². The number of rotatable bonds is 4. The Morgan fingerprint density at radius 2 is 1.81 bits per heavy atom. The van der Waals surface area contributed by atoms with E-state index < -0.39 is 6.04 Å². The minimum absolute atomic E-state index is 0.0476. The summed E-state index contributed by atoms with van der Waals surface area (Å²) in [6, 6.07) is 6.69. The lowest BCUT2D eigenvalue weighted by molar-refractivity contribution is -0.129. The van der Waals surface area contributed by atoms with Crippen molar-refractivity contribution in [3.63, 3.8) is 0 Å². The van der Waals surface area contributed by atoms with Crippen molar-refractivity contribution < 1.29 is 18.5 Å². The van der Waals surface area contributed by atoms with E-state index in [2.05, 4.69) is 38.2 Å². The molecule has 1 aromatic heterocycles. The Hall–Kier alpha value is -2.70. The van der Waals surface area contributed by atoms with Gasteiger partial charge in [0.1, 0.15) is 11.9 Å². The van der Waals surface area contributed by atoms with Gasteiger partial charge < -0.3 is 14.7 Å². The Morgan fingerprint density at radius 1 is 1.19 bits per heavy atom. The number of nitrogens with zero attached hydrogens (tertiary/aromatic N) is 2. The van der Waals surface area contributed by atoms with Crippen LogP contribution in [0, 0.1) is 23.6 Å². The average molecular weight is 430 g/mol. The number of aromatic nitrogens is 1. The molecule has 1 N–H and O–H groups in total. The van der Waals surface area contributed by atoms with Gasteiger partial charge in [0, 0.05) is 24.2 Å². The van der Waals surface area contributed by atoms with E-state index in [1.807, 2.05) is 0 Å². The molecule has 2 heterocycles. The van der Waals surface area contributed by atoms with Crippen molar-refractivity contribution in [2.75, 3.05) is 6.54 Å². The van der Waals surface area contributed by atoms with Crippen molar-refractivity contribution >= 4 is 11.8 Å². The number of amides is 2. The third kappa shape index (κ3) is 5.71. The summed E-state index contributed by atoms with van der Waals surface area (Å²) in [5, 5.41) is 6.92. The molecule has 1 saturated heterocycles. The number of nitrogens with one attached hydrogen (secondary N) is 1. The maximum Gasteiger partial charge on any atom is 0.276 e. The van der Waals surface area contributed by atoms with Gasteiger partial charge in [-0.3, -0.25) is 9.59 Å². The van der Waals surface area contributed by atoms with Crippen LogP contribution in [0.25, 0.3) is 11.3 Å². The first-order valence-electron chi connectivity index (χ1n) is 11.0. The fourth-order valence-electron chi connectivity index (χ4n) is 3.64. The summed E-state index contributed by atoms with van der Waals surface area (Å²) < 4.78 is 18.3. The third-order valence-electron chi connectivity index (χ3n) is 5.69. The Morgan fingerprint density at radius 3 is 2.39 bits per heavy atom. The van der Waals surface area contributed by atoms with Gasteiger partial charge in [-0.05, 0) is 61.8 Å². The zero-order valence-corrected chi connectivity index (χ0v) is 18.9. The molecule has 1 aliphatic heterocycles. The second-order valence-electron chi connectivity index (χ2n) is 9.26. The van der Waals surface area contributed by atoms with Crippen LogP contribution in [-0.2, 0) is 4.79 Å². The predicted molar refractivity (Wildman–Crippen MR) is 117 cm³/mol. The zero-order chi connectivity index (χ0) is 22.7. The van der Waals surface area contributed by atoms with E-state index in [9.17, 15) is 14.0 Å². The maximum absolute atomic E-state index is 13.1. The number of benzene rings is 1. The summed E-state index contributed by atoms with van der Waals surface area (Å²) in [4.78, 5) is 26.9. The topological polar surface area (TPSA) is 75.4 Å². The van der Waals surface area contributed by atoms with Gasteiger partial charge in [-0.1, -0.05) is 32.9 Å². The highest BCUT2D eigenvalue weighted by atomic mass is 19.1. The second kappa shape index (κ2) is 9.62. The second-order valence-corrected chi connectivity index (χ2v) is 9.26. The number of carbonyl (C=O) groups is 2. The standard InChI is InChI=1S/C20H22FN3O3.C4H10/c1-11(13-3-4-13)17-10-24(12(2)19(25)22-17)20(26)16-9-18(27-23-16)14-5-7-15(21)8-6-14;1-4(2)3/h5-9,11-13,17H,3-4,10H2,1-2H3,(H,22,25);4H,1-3H3. The summed E-state index contributed by atoms with van der Waals surface area (Å²) in [7, 11) is 0. The van der Waals surface area contributed by atoms with E-state index in [1.165, 1.54) is 31.0 Å². The molecule has 0 radical (unpaired) electrons. The molecule has 2 aliphatic rings. The summed E-state index contributed by atoms with van der Waals surface area (Å²) in [5.74, 6) is 1.35. The Labute approximate surface area is 183 Å². The molecule has 4 rings (SSSR count). The van der Waals surface area contributed by atoms with Crippen molar-refractivity contribution in [2.45, 2.75) is 59.5 Å². The van der Waals surface area contributed by atoms with Crippen LogP contribution < -0.4 is 5.32 Å². The normalized spacial score (nSPS) is 21.9. The highest BCUT2D eigenvalue weighted by molar-refractivity contribution is 5.97. The Kier molecular flexibility index (Phi) is 7.13. The van der Waals surface area contributed by atoms with E-state index in [4.69, 9.17) is 4.52 Å². The van der Waals surface area contributed by atoms with Crippen LogP contribution in [0.5, 0.6) is 0 Å². The van der Waals surface area contributed by atoms with Gasteiger partial charge in [0.25, 0.3) is 5.91 Å². The highest BCUT2D eigenvalue weighted by Crippen LogP contribution is 2.39. The molecule has 2 aromatic rings. The van der Waals surface area contributed by atoms with Gasteiger partial charge in [-0.25, -0.2) is 4.39 Å². The molecule has 3 unspecified atom stereocenters. The van der Waals surface area contributed by atoms with Crippen LogP contribution >= 0.6 is 0 Å². The molecule has 0 spiro atoms. The van der Waals surface area contributed by atoms with Crippen molar-refractivity contribution in [2.24, 2.45) is 17.8 Å². The predicted octanol–water partition coefficient (Wildman–Crippen LogP) is 4.52. The molecule has 2 amide bonds. The van der Waals surface area contributed by atoms with Crippen LogP contribution in [0.3, 0.4) is 0 Å². The Bertz CT molecular complexity index is 902. The minimum Gasteiger partial charge on any atom is -0.355 e. The van der Waals surface area contributed by atoms with Gasteiger partial charge in [0.15, 0.2) is 11.5 Å². The first-order chi connectivity index (χ1) is 14.7. The molecule has 31 heavy (non-hydrogen) atoms. The molecule has 1 aliphatic carbocycles. The van der Waals surface area contributed by atoms with Crippen molar-refractivity contribution in [3.8, 4) is 11.3 Å². The fraction of sp³-hybridized carbons (Fsp3) is 0.542. The number of hydrogen-bond acceptors (Lipinski definition) is 4. The van der Waals surface area contributed by atoms with Crippen LogP contribution in [0.15, 0.2) is 34.9 Å². The molecule has 7 heteroatoms. The minimum atomic E-state index is -0.564. The molecular weight excluding hydrogens is 397 g/mol. The number of piperazine rings is 1. The van der Waals surface area contributed by atoms with E-state index in [1.54, 1.807) is 24.0 Å². The number of carbonyl (C=O) groups excluding carboxylic acids is 2. The van der Waals surface area contributed by atoms with E-state index in [-0.39, 0.29) is 29.4 Å². The van der Waals surface area contributed by atoms with Gasteiger partial charge in [0.2, 0.25) is 5.91 Å². The van der Waals surface area contributed by atoms with Crippen LogP contribution in [0.1, 0.15) is 57.9 Å². The smallest absolute Gasteiger partial charge is 0.276 e. The lowest BCUT2D eigenvalue weighted by Gasteiger charge is -2.39. The summed E-state index contributed by atoms with van der Waals surface area (Å²) in [6.07, 6.45) is 2.36. The zero-order valence-electron chi connectivity index (χ0n) is 18.9. The lowest BCUT2D eigenvalue weighted by Crippen LogP contribution is -2.62. The highest BCUT2D eigenvalue weighted by Gasteiger charge is 2.41. The molecular formula is C24H32FN3O3. The molecule has 168 valence electrons. The van der Waals surface area contributed by atoms with Gasteiger partial charge >= 0.3 is 0 Å². The molecule has 0 bridgehead atoms. The summed E-state index contributed by atoms with van der Waals surface area (Å²) >= 11 is 0. The maximum atomic E-state index is 13.1. The molecule has 6 nitrogen and oxygen atoms in total. The van der Waals surface area contributed by atoms with Crippen LogP contribution in [0.2, 0.25) is 0 Å². The summed E-state index contributed by atoms with van der Waals surface area (Å²) in [5.41, 5.74) is 0.779. The first-order valence-corrected chi connectivity index (χ1v) is 11.0. The van der Waals surface area contributed by atoms with E-state index in [0.29, 0.717) is 29.7 Å². The van der Waals surface area contributed by atoms with Gasteiger partial charge in [-0.15, -0.1) is 0 Å². The third-order valence-corrected chi connectivity index (χ3v) is 5.69. The van der Waals surface area contributed by atoms with Crippen molar-refractivity contribution in [1.82, 2.24) is 15.4 Å². The molecule has 1 aromatic carbocycles. The Balaban J connectivity index is 0.000000628. The molecule has 1 saturated carbocycles. The quantitative estimate of drug-likeness (QED) is 0.775. The lowest BCUT2D eigenvalue weighted by atomic mass is 9.93. The van der Waals surface area contributed by atoms with Crippen molar-refractivity contribution in [3.05, 3.63) is 41.8 Å². The van der Waals surface area contributed by atoms with E-state index >= 15 is 0 Å². The largest absolute Gasteiger partial charge is 0.355 e. The number of hydrogen-bond donors (Lipinski definition) is 1. The molecule has 2 fully saturated rings. The number of halogens is 1. The summed E-state index contributed by atoms with van der Waals surface area (Å²) in [6.45, 7) is 10.8. The molecule has 3 atom stereocenters. The van der Waals surface area contributed by atoms with Crippen LogP contribution in [0.4, 0.5) is 4.39 Å². The SMILES string of the molecule is CC(C)C.CC(C1CC1)C1CN(C(=O)c2cc(-c3ccc(F)cc3)on2)C(C)C(=O)N1. The monoisotopic (exact) mass is 429 g/mol. The fourth-order valence-corrected chi connectivity index (χ4v) is 3.64. The van der Waals surface area contributed by atoms with E-state index in [0.717, 1.165) is 5.92 Å². The van der Waals surface area contributed by atoms with Gasteiger partial charge in [-0.2, -0.15) is 0 Å². The van der Waals surface area contributed by atoms with Gasteiger partial charge in [0.05, 0.1) is 0 Å². The average Bonchev–Trinajstić information content (AvgIpc) is 3.45. The first kappa shape index (κ1) is 23.0.